The van der Waals surface area contributed by atoms with Crippen molar-refractivity contribution in [3.8, 4) is 0 Å². The molecule has 1 aromatic rings. The topological polar surface area (TPSA) is 128 Å². The second-order valence-electron chi connectivity index (χ2n) is 3.88. The average Bonchev–Trinajstić information content (AvgIpc) is 2.26. The number of carbonyl (C=O) groups excluding carboxylic acids is 1. The number of hydrogen-bond donors (Lipinski definition) is 3. The number of amides is 1. The monoisotopic (exact) mass is 272 g/mol. The fourth-order valence-electron chi connectivity index (χ4n) is 1.35. The van der Waals surface area contributed by atoms with Crippen molar-refractivity contribution < 1.29 is 13.2 Å². The van der Waals surface area contributed by atoms with Crippen LogP contribution in [0.1, 0.15) is 22.5 Å². The van der Waals surface area contributed by atoms with Crippen LogP contribution < -0.4 is 16.2 Å². The van der Waals surface area contributed by atoms with E-state index >= 15 is 0 Å². The summed E-state index contributed by atoms with van der Waals surface area (Å²) < 4.78 is 21.4. The van der Waals surface area contributed by atoms with Crippen molar-refractivity contribution in [2.75, 3.05) is 18.0 Å². The summed E-state index contributed by atoms with van der Waals surface area (Å²) in [6.07, 6.45) is 1.73. The van der Waals surface area contributed by atoms with Crippen molar-refractivity contribution in [1.82, 2.24) is 10.3 Å². The third-order valence-corrected chi connectivity index (χ3v) is 3.10. The van der Waals surface area contributed by atoms with Crippen molar-refractivity contribution in [1.29, 1.82) is 0 Å². The number of nitrogens with two attached hydrogens (primary N) is 2. The Morgan fingerprint density at radius 1 is 1.50 bits per heavy atom. The lowest BCUT2D eigenvalue weighted by Gasteiger charge is -2.07. The highest BCUT2D eigenvalue weighted by Crippen LogP contribution is 2.09. The molecule has 0 bridgehead atoms. The number of rotatable bonds is 5. The highest BCUT2D eigenvalue weighted by Gasteiger charge is 2.10. The lowest BCUT2D eigenvalue weighted by molar-refractivity contribution is 0.0952. The zero-order valence-corrected chi connectivity index (χ0v) is 10.8. The maximum Gasteiger partial charge on any atom is 0.253 e. The minimum atomic E-state index is -3.49. The lowest BCUT2D eigenvalue weighted by atomic mass is 10.2. The van der Waals surface area contributed by atoms with Crippen molar-refractivity contribution in [3.05, 3.63) is 23.5 Å². The van der Waals surface area contributed by atoms with E-state index in [1.165, 1.54) is 12.3 Å². The first kappa shape index (κ1) is 14.4. The predicted molar refractivity (Wildman–Crippen MR) is 68.3 cm³/mol. The second-order valence-corrected chi connectivity index (χ2v) is 5.61. The Morgan fingerprint density at radius 2 is 2.17 bits per heavy atom. The maximum absolute atomic E-state index is 11.8. The molecule has 0 spiro atoms. The van der Waals surface area contributed by atoms with E-state index < -0.39 is 10.0 Å². The van der Waals surface area contributed by atoms with Gasteiger partial charge < -0.3 is 11.1 Å². The molecule has 0 aliphatic rings. The number of aromatic nitrogens is 1. The molecule has 5 N–H and O–H groups in total. The molecule has 0 aromatic carbocycles. The number of carbonyl (C=O) groups is 1. The zero-order valence-electron chi connectivity index (χ0n) is 10.0. The molecular weight excluding hydrogens is 256 g/mol. The third kappa shape index (κ3) is 4.68. The Balaban J connectivity index is 2.53. The maximum atomic E-state index is 11.8. The first-order valence-electron chi connectivity index (χ1n) is 5.30. The van der Waals surface area contributed by atoms with E-state index in [0.717, 1.165) is 0 Å². The third-order valence-electron chi connectivity index (χ3n) is 2.24. The largest absolute Gasteiger partial charge is 0.397 e. The highest BCUT2D eigenvalue weighted by molar-refractivity contribution is 7.89. The number of nitrogens with zero attached hydrogens (tertiary/aromatic N) is 1. The van der Waals surface area contributed by atoms with Gasteiger partial charge in [0.05, 0.1) is 28.9 Å². The Labute approximate surface area is 106 Å². The molecule has 1 rings (SSSR count). The normalized spacial score (nSPS) is 11.2. The molecule has 0 radical (unpaired) electrons. The summed E-state index contributed by atoms with van der Waals surface area (Å²) in [6.45, 7) is 1.92. The minimum absolute atomic E-state index is 0.165. The number of aryl methyl sites for hydroxylation is 1. The standard InChI is InChI=1S/C10H16N4O3S/c1-7-9(5-8(11)6-14-7)10(15)13-3-2-4-18(12,16)17/h5-6H,2-4,11H2,1H3,(H,13,15)(H2,12,16,17). The number of primary sulfonamides is 1. The summed E-state index contributed by atoms with van der Waals surface area (Å²) in [7, 11) is -3.49. The van der Waals surface area contributed by atoms with Crippen LogP contribution in [-0.4, -0.2) is 31.6 Å². The molecule has 1 amide bonds. The fourth-order valence-corrected chi connectivity index (χ4v) is 1.90. The summed E-state index contributed by atoms with van der Waals surface area (Å²) in [5, 5.41) is 7.43. The van der Waals surface area contributed by atoms with Crippen LogP contribution >= 0.6 is 0 Å². The van der Waals surface area contributed by atoms with Crippen LogP contribution in [0.3, 0.4) is 0 Å². The summed E-state index contributed by atoms with van der Waals surface area (Å²) in [5.41, 5.74) is 6.88. The van der Waals surface area contributed by atoms with E-state index in [-0.39, 0.29) is 24.6 Å². The molecule has 0 fully saturated rings. The van der Waals surface area contributed by atoms with E-state index in [9.17, 15) is 13.2 Å². The molecule has 1 aromatic heterocycles. The van der Waals surface area contributed by atoms with Crippen LogP contribution in [-0.2, 0) is 10.0 Å². The number of pyridine rings is 1. The van der Waals surface area contributed by atoms with Gasteiger partial charge in [-0.3, -0.25) is 9.78 Å². The molecule has 0 unspecified atom stereocenters. The summed E-state index contributed by atoms with van der Waals surface area (Å²) >= 11 is 0. The van der Waals surface area contributed by atoms with Gasteiger partial charge in [0.25, 0.3) is 5.91 Å². The van der Waals surface area contributed by atoms with Crippen LogP contribution in [0.25, 0.3) is 0 Å². The number of hydrogen-bond acceptors (Lipinski definition) is 5. The fraction of sp³-hybridized carbons (Fsp3) is 0.400. The molecule has 0 saturated carbocycles. The highest BCUT2D eigenvalue weighted by atomic mass is 32.2. The van der Waals surface area contributed by atoms with Crippen molar-refractivity contribution in [3.63, 3.8) is 0 Å². The van der Waals surface area contributed by atoms with E-state index in [1.807, 2.05) is 0 Å². The number of nitrogens with one attached hydrogen (secondary N) is 1. The molecule has 0 aliphatic heterocycles. The molecule has 7 nitrogen and oxygen atoms in total. The minimum Gasteiger partial charge on any atom is -0.397 e. The van der Waals surface area contributed by atoms with Gasteiger partial charge in [0, 0.05) is 6.54 Å². The smallest absolute Gasteiger partial charge is 0.253 e. The van der Waals surface area contributed by atoms with Crippen LogP contribution in [0.4, 0.5) is 5.69 Å². The Kier molecular flexibility index (Phi) is 4.62. The zero-order chi connectivity index (χ0) is 13.8. The van der Waals surface area contributed by atoms with E-state index in [0.29, 0.717) is 16.9 Å². The number of nitrogen functional groups attached to an aromatic ring is 1. The van der Waals surface area contributed by atoms with Crippen molar-refractivity contribution >= 4 is 21.6 Å². The van der Waals surface area contributed by atoms with Gasteiger partial charge in [0.1, 0.15) is 0 Å². The van der Waals surface area contributed by atoms with E-state index in [4.69, 9.17) is 10.9 Å². The molecule has 1 heterocycles. The molecule has 100 valence electrons. The van der Waals surface area contributed by atoms with Crippen molar-refractivity contribution in [2.45, 2.75) is 13.3 Å². The number of anilines is 1. The van der Waals surface area contributed by atoms with Gasteiger partial charge in [-0.25, -0.2) is 13.6 Å². The second kappa shape index (κ2) is 5.78. The van der Waals surface area contributed by atoms with Gasteiger partial charge in [-0.15, -0.1) is 0 Å². The van der Waals surface area contributed by atoms with Crippen molar-refractivity contribution in [2.24, 2.45) is 5.14 Å². The molecular formula is C10H16N4O3S. The Bertz CT molecular complexity index is 542. The molecule has 18 heavy (non-hydrogen) atoms. The van der Waals surface area contributed by atoms with Gasteiger partial charge >= 0.3 is 0 Å². The summed E-state index contributed by atoms with van der Waals surface area (Å²) in [4.78, 5) is 15.7. The number of sulfonamides is 1. The quantitative estimate of drug-likeness (QED) is 0.615. The Hall–Kier alpha value is -1.67. The molecule has 0 saturated heterocycles. The SMILES string of the molecule is Cc1ncc(N)cc1C(=O)NCCCS(N)(=O)=O. The average molecular weight is 272 g/mol. The predicted octanol–water partition coefficient (Wildman–Crippen LogP) is -0.619. The van der Waals surface area contributed by atoms with E-state index in [1.54, 1.807) is 6.92 Å². The lowest BCUT2D eigenvalue weighted by Crippen LogP contribution is -2.28. The van der Waals surface area contributed by atoms with Crippen LogP contribution in [0.2, 0.25) is 0 Å². The molecule has 0 aliphatic carbocycles. The first-order chi connectivity index (χ1) is 8.29. The van der Waals surface area contributed by atoms with Gasteiger partial charge in [0.15, 0.2) is 0 Å². The Morgan fingerprint density at radius 3 is 2.78 bits per heavy atom. The first-order valence-corrected chi connectivity index (χ1v) is 7.02. The van der Waals surface area contributed by atoms with Gasteiger partial charge in [0.2, 0.25) is 10.0 Å². The van der Waals surface area contributed by atoms with Crippen LogP contribution in [0, 0.1) is 6.92 Å². The van der Waals surface area contributed by atoms with Gasteiger partial charge in [-0.1, -0.05) is 0 Å². The molecule has 0 atom stereocenters. The van der Waals surface area contributed by atoms with Crippen LogP contribution in [0.5, 0.6) is 0 Å². The van der Waals surface area contributed by atoms with Gasteiger partial charge in [-0.2, -0.15) is 0 Å². The van der Waals surface area contributed by atoms with E-state index in [2.05, 4.69) is 10.3 Å². The summed E-state index contributed by atoms with van der Waals surface area (Å²) in [5.74, 6) is -0.497. The van der Waals surface area contributed by atoms with Crippen LogP contribution in [0.15, 0.2) is 12.3 Å². The summed E-state index contributed by atoms with van der Waals surface area (Å²) in [6, 6.07) is 1.53. The van der Waals surface area contributed by atoms with Gasteiger partial charge in [-0.05, 0) is 19.4 Å². The molecule has 8 heteroatoms.